The number of cyclic esters (lactones) is 1. The van der Waals surface area contributed by atoms with Gasteiger partial charge < -0.3 is 29.8 Å². The Labute approximate surface area is 193 Å². The lowest BCUT2D eigenvalue weighted by Crippen LogP contribution is -2.48. The molecule has 0 saturated carbocycles. The van der Waals surface area contributed by atoms with Crippen LogP contribution >= 0.6 is 0 Å². The molecule has 180 valence electrons. The number of nitrogens with zero attached hydrogens (tertiary/aromatic N) is 5. The van der Waals surface area contributed by atoms with Crippen LogP contribution in [0.4, 0.5) is 26.4 Å². The van der Waals surface area contributed by atoms with Crippen molar-refractivity contribution < 1.29 is 28.4 Å². The number of nitrogens with one attached hydrogen (secondary N) is 1. The number of rotatable bonds is 5. The van der Waals surface area contributed by atoms with Crippen LogP contribution in [0.3, 0.4) is 0 Å². The minimum absolute atomic E-state index is 0.197. The molecule has 1 N–H and O–H groups in total. The van der Waals surface area contributed by atoms with E-state index in [-0.39, 0.29) is 30.8 Å². The highest BCUT2D eigenvalue weighted by atomic mass is 19.1. The van der Waals surface area contributed by atoms with Gasteiger partial charge in [0, 0.05) is 37.8 Å². The maximum Gasteiger partial charge on any atom is 0.415 e. The molecule has 2 amide bonds. The fourth-order valence-corrected chi connectivity index (χ4v) is 4.64. The van der Waals surface area contributed by atoms with Crippen LogP contribution in [0.1, 0.15) is 19.8 Å². The van der Waals surface area contributed by atoms with Gasteiger partial charge in [0.15, 0.2) is 0 Å². The Morgan fingerprint density at radius 1 is 1.38 bits per heavy atom. The molecule has 0 radical (unpaired) electrons. The Bertz CT molecular complexity index is 1140. The second-order valence-electron chi connectivity index (χ2n) is 8.73. The molecule has 13 heteroatoms. The summed E-state index contributed by atoms with van der Waals surface area (Å²) < 4.78 is 27.9. The summed E-state index contributed by atoms with van der Waals surface area (Å²) in [6.45, 7) is 3.33. The van der Waals surface area contributed by atoms with Crippen molar-refractivity contribution >= 4 is 29.2 Å². The second-order valence-corrected chi connectivity index (χ2v) is 8.73. The molecular formula is C21H23FN6O6. The van der Waals surface area contributed by atoms with E-state index < -0.39 is 28.5 Å². The number of piperidine rings is 1. The van der Waals surface area contributed by atoms with Gasteiger partial charge in [0.2, 0.25) is 5.91 Å². The highest BCUT2D eigenvalue weighted by molar-refractivity contribution is 5.90. The van der Waals surface area contributed by atoms with Crippen molar-refractivity contribution in [3.63, 3.8) is 0 Å². The van der Waals surface area contributed by atoms with Crippen molar-refractivity contribution in [2.24, 2.45) is 0 Å². The summed E-state index contributed by atoms with van der Waals surface area (Å²) >= 11 is 0. The van der Waals surface area contributed by atoms with Gasteiger partial charge in [-0.3, -0.25) is 14.3 Å². The fourth-order valence-electron chi connectivity index (χ4n) is 4.64. The van der Waals surface area contributed by atoms with Crippen molar-refractivity contribution in [2.75, 3.05) is 36.0 Å². The predicted octanol–water partition coefficient (Wildman–Crippen LogP) is 1.82. The standard InChI is InChI=1S/C21H23FN6O6/c1-13(29)23-9-15-10-27(20(30)33-15)14-2-3-17(16(22)8-14)25-6-4-21(5-7-25)12-26-11-18(28(31)32)24-19(26)34-21/h2-3,8,11,15H,4-7,9-10,12H2,1H3,(H,23,29)/t15-/m0/s1. The molecule has 3 aliphatic heterocycles. The van der Waals surface area contributed by atoms with E-state index in [2.05, 4.69) is 10.3 Å². The maximum atomic E-state index is 15.0. The highest BCUT2D eigenvalue weighted by Crippen LogP contribution is 2.39. The average Bonchev–Trinajstić information content (AvgIpc) is 3.44. The van der Waals surface area contributed by atoms with Crippen LogP contribution in [-0.4, -0.2) is 64.4 Å². The molecular weight excluding hydrogens is 451 g/mol. The Hall–Kier alpha value is -3.90. The van der Waals surface area contributed by atoms with Crippen molar-refractivity contribution in [2.45, 2.75) is 38.0 Å². The van der Waals surface area contributed by atoms with E-state index in [1.165, 1.54) is 24.1 Å². The first kappa shape index (κ1) is 21.9. The number of halogens is 1. The summed E-state index contributed by atoms with van der Waals surface area (Å²) in [6, 6.07) is 4.86. The minimum Gasteiger partial charge on any atom is -0.442 e. The van der Waals surface area contributed by atoms with E-state index in [4.69, 9.17) is 9.47 Å². The topological polar surface area (TPSA) is 132 Å². The first-order chi connectivity index (χ1) is 16.2. The molecule has 0 unspecified atom stereocenters. The molecule has 4 heterocycles. The Morgan fingerprint density at radius 3 is 2.79 bits per heavy atom. The predicted molar refractivity (Wildman–Crippen MR) is 116 cm³/mol. The summed E-state index contributed by atoms with van der Waals surface area (Å²) in [5.41, 5.74) is 0.301. The number of carbonyl (C=O) groups excluding carboxylic acids is 2. The lowest BCUT2D eigenvalue weighted by molar-refractivity contribution is -0.389. The van der Waals surface area contributed by atoms with Crippen LogP contribution in [0.25, 0.3) is 0 Å². The van der Waals surface area contributed by atoms with E-state index >= 15 is 4.39 Å². The average molecular weight is 474 g/mol. The lowest BCUT2D eigenvalue weighted by Gasteiger charge is -2.38. The third kappa shape index (κ3) is 3.97. The lowest BCUT2D eigenvalue weighted by atomic mass is 9.91. The van der Waals surface area contributed by atoms with Gasteiger partial charge in [-0.25, -0.2) is 9.18 Å². The summed E-state index contributed by atoms with van der Waals surface area (Å²) in [4.78, 5) is 40.8. The molecule has 0 aliphatic carbocycles. The number of hydrogen-bond donors (Lipinski definition) is 1. The minimum atomic E-state index is -0.585. The summed E-state index contributed by atoms with van der Waals surface area (Å²) in [5.74, 6) is -0.919. The number of hydrogen-bond acceptors (Lipinski definition) is 8. The molecule has 12 nitrogen and oxygen atoms in total. The number of fused-ring (bicyclic) bond motifs is 1. The van der Waals surface area contributed by atoms with Crippen LogP contribution in [0.2, 0.25) is 0 Å². The number of aromatic nitrogens is 2. The molecule has 1 atom stereocenters. The summed E-state index contributed by atoms with van der Waals surface area (Å²) in [6.07, 6.45) is 1.50. The van der Waals surface area contributed by atoms with Gasteiger partial charge in [0.25, 0.3) is 0 Å². The number of amides is 2. The number of anilines is 2. The third-order valence-electron chi connectivity index (χ3n) is 6.39. The van der Waals surface area contributed by atoms with E-state index in [9.17, 15) is 19.7 Å². The van der Waals surface area contributed by atoms with Gasteiger partial charge in [-0.2, -0.15) is 0 Å². The van der Waals surface area contributed by atoms with E-state index in [0.29, 0.717) is 43.9 Å². The van der Waals surface area contributed by atoms with Gasteiger partial charge in [0.1, 0.15) is 23.7 Å². The van der Waals surface area contributed by atoms with E-state index in [1.54, 1.807) is 16.7 Å². The van der Waals surface area contributed by atoms with Gasteiger partial charge >= 0.3 is 17.9 Å². The Balaban J connectivity index is 1.21. The van der Waals surface area contributed by atoms with Crippen molar-refractivity contribution in [3.05, 3.63) is 40.3 Å². The number of nitro groups is 1. The maximum absolute atomic E-state index is 15.0. The largest absolute Gasteiger partial charge is 0.442 e. The molecule has 1 aromatic heterocycles. The molecule has 2 aromatic rings. The first-order valence-corrected chi connectivity index (χ1v) is 10.9. The number of imidazole rings is 1. The molecule has 3 aliphatic rings. The van der Waals surface area contributed by atoms with Crippen molar-refractivity contribution in [1.29, 1.82) is 0 Å². The van der Waals surface area contributed by atoms with Crippen molar-refractivity contribution in [3.8, 4) is 6.01 Å². The molecule has 34 heavy (non-hydrogen) atoms. The normalized spacial score (nSPS) is 20.8. The molecule has 5 rings (SSSR count). The molecule has 0 bridgehead atoms. The molecule has 1 aromatic carbocycles. The number of benzene rings is 1. The zero-order chi connectivity index (χ0) is 24.0. The first-order valence-electron chi connectivity index (χ1n) is 10.9. The Morgan fingerprint density at radius 2 is 2.15 bits per heavy atom. The van der Waals surface area contributed by atoms with E-state index in [1.807, 2.05) is 4.90 Å². The molecule has 2 saturated heterocycles. The van der Waals surface area contributed by atoms with E-state index in [0.717, 1.165) is 0 Å². The number of ether oxygens (including phenoxy) is 2. The third-order valence-corrected chi connectivity index (χ3v) is 6.39. The smallest absolute Gasteiger partial charge is 0.415 e. The summed E-state index contributed by atoms with van der Waals surface area (Å²) in [7, 11) is 0. The van der Waals surface area contributed by atoms with Gasteiger partial charge in [-0.15, -0.1) is 0 Å². The van der Waals surface area contributed by atoms with Gasteiger partial charge in [0.05, 0.1) is 31.0 Å². The molecule has 1 spiro atoms. The Kier molecular flexibility index (Phi) is 5.25. The molecule has 2 fully saturated rings. The van der Waals surface area contributed by atoms with Crippen LogP contribution in [0, 0.1) is 15.9 Å². The zero-order valence-electron chi connectivity index (χ0n) is 18.4. The van der Waals surface area contributed by atoms with Crippen LogP contribution in [0.5, 0.6) is 6.01 Å². The van der Waals surface area contributed by atoms with Gasteiger partial charge in [-0.1, -0.05) is 0 Å². The monoisotopic (exact) mass is 474 g/mol. The summed E-state index contributed by atoms with van der Waals surface area (Å²) in [5, 5.41) is 13.5. The van der Waals surface area contributed by atoms with Gasteiger partial charge in [-0.05, 0) is 23.1 Å². The quantitative estimate of drug-likeness (QED) is 0.513. The second kappa shape index (κ2) is 8.15. The SMILES string of the molecule is CC(=O)NC[C@H]1CN(c2ccc(N3CCC4(CC3)Cn3cc([N+](=O)[O-])nc3O4)c(F)c2)C(=O)O1. The fraction of sp³-hybridized carbons (Fsp3) is 0.476. The zero-order valence-corrected chi connectivity index (χ0v) is 18.4. The van der Waals surface area contributed by atoms with Crippen LogP contribution in [-0.2, 0) is 16.1 Å². The number of carbonyl (C=O) groups is 2. The highest BCUT2D eigenvalue weighted by Gasteiger charge is 2.46. The van der Waals surface area contributed by atoms with Crippen LogP contribution < -0.4 is 19.9 Å². The van der Waals surface area contributed by atoms with Crippen LogP contribution in [0.15, 0.2) is 24.4 Å². The van der Waals surface area contributed by atoms with Crippen molar-refractivity contribution in [1.82, 2.24) is 14.9 Å².